The van der Waals surface area contributed by atoms with Gasteiger partial charge in [-0.3, -0.25) is 9.59 Å². The summed E-state index contributed by atoms with van der Waals surface area (Å²) in [6.07, 6.45) is 0. The molecule has 5 nitrogen and oxygen atoms in total. The molecule has 2 aromatic carbocycles. The van der Waals surface area contributed by atoms with Gasteiger partial charge in [0.25, 0.3) is 11.8 Å². The second-order valence-electron chi connectivity index (χ2n) is 5.60. The van der Waals surface area contributed by atoms with Crippen molar-refractivity contribution in [2.75, 3.05) is 17.7 Å². The van der Waals surface area contributed by atoms with E-state index in [1.807, 2.05) is 29.6 Å². The Morgan fingerprint density at radius 1 is 1.00 bits per heavy atom. The lowest BCUT2D eigenvalue weighted by Crippen LogP contribution is -2.18. The van der Waals surface area contributed by atoms with E-state index < -0.39 is 0 Å². The highest BCUT2D eigenvalue weighted by molar-refractivity contribution is 7.08. The molecule has 3 aromatic rings. The van der Waals surface area contributed by atoms with Gasteiger partial charge in [0.15, 0.2) is 0 Å². The maximum Gasteiger partial charge on any atom is 0.257 e. The first-order valence-corrected chi connectivity index (χ1v) is 8.93. The molecule has 0 fully saturated rings. The smallest absolute Gasteiger partial charge is 0.257 e. The van der Waals surface area contributed by atoms with E-state index in [1.54, 1.807) is 42.8 Å². The third-order valence-corrected chi connectivity index (χ3v) is 4.38. The SMILES string of the molecule is COCc1cccc(NC(=O)c2ccccc2NC(=O)c2ccsc2)c1. The second kappa shape index (κ2) is 8.42. The molecule has 1 heterocycles. The van der Waals surface area contributed by atoms with Crippen LogP contribution in [-0.2, 0) is 11.3 Å². The molecule has 6 heteroatoms. The van der Waals surface area contributed by atoms with Crippen molar-refractivity contribution in [3.8, 4) is 0 Å². The molecule has 26 heavy (non-hydrogen) atoms. The van der Waals surface area contributed by atoms with Gasteiger partial charge in [-0.2, -0.15) is 11.3 Å². The molecule has 0 bridgehead atoms. The number of carbonyl (C=O) groups is 2. The van der Waals surface area contributed by atoms with Gasteiger partial charge in [-0.1, -0.05) is 24.3 Å². The fourth-order valence-corrected chi connectivity index (χ4v) is 3.12. The molecule has 0 atom stereocenters. The highest BCUT2D eigenvalue weighted by Gasteiger charge is 2.14. The van der Waals surface area contributed by atoms with Gasteiger partial charge in [-0.15, -0.1) is 0 Å². The van der Waals surface area contributed by atoms with Crippen LogP contribution in [0.4, 0.5) is 11.4 Å². The maximum absolute atomic E-state index is 12.7. The molecular formula is C20H18N2O3S. The standard InChI is InChI=1S/C20H18N2O3S/c1-25-12-14-5-4-6-16(11-14)21-20(24)17-7-2-3-8-18(17)22-19(23)15-9-10-26-13-15/h2-11,13H,12H2,1H3,(H,21,24)(H,22,23). The van der Waals surface area contributed by atoms with Gasteiger partial charge in [0.05, 0.1) is 23.4 Å². The number of hydrogen-bond donors (Lipinski definition) is 2. The first kappa shape index (κ1) is 17.8. The Labute approximate surface area is 155 Å². The van der Waals surface area contributed by atoms with Crippen LogP contribution in [0, 0.1) is 0 Å². The highest BCUT2D eigenvalue weighted by Crippen LogP contribution is 2.20. The van der Waals surface area contributed by atoms with E-state index in [4.69, 9.17) is 4.74 Å². The molecule has 2 amide bonds. The van der Waals surface area contributed by atoms with Crippen LogP contribution >= 0.6 is 11.3 Å². The normalized spacial score (nSPS) is 10.3. The summed E-state index contributed by atoms with van der Waals surface area (Å²) < 4.78 is 5.11. The Kier molecular flexibility index (Phi) is 5.78. The number of methoxy groups -OCH3 is 1. The Morgan fingerprint density at radius 3 is 2.62 bits per heavy atom. The molecule has 0 unspecified atom stereocenters. The van der Waals surface area contributed by atoms with Crippen LogP contribution in [0.3, 0.4) is 0 Å². The minimum atomic E-state index is -0.291. The summed E-state index contributed by atoms with van der Waals surface area (Å²) in [6.45, 7) is 0.469. The van der Waals surface area contributed by atoms with Crippen molar-refractivity contribution in [1.82, 2.24) is 0 Å². The number of rotatable bonds is 6. The number of hydrogen-bond acceptors (Lipinski definition) is 4. The molecule has 132 valence electrons. The minimum absolute atomic E-state index is 0.242. The third kappa shape index (κ3) is 4.36. The Balaban J connectivity index is 1.77. The highest BCUT2D eigenvalue weighted by atomic mass is 32.1. The van der Waals surface area contributed by atoms with Crippen LogP contribution in [0.15, 0.2) is 65.4 Å². The quantitative estimate of drug-likeness (QED) is 0.679. The Bertz CT molecular complexity index is 907. The fourth-order valence-electron chi connectivity index (χ4n) is 2.48. The molecule has 0 aliphatic carbocycles. The van der Waals surface area contributed by atoms with Crippen LogP contribution in [0.1, 0.15) is 26.3 Å². The van der Waals surface area contributed by atoms with Crippen molar-refractivity contribution in [1.29, 1.82) is 0 Å². The molecule has 3 rings (SSSR count). The van der Waals surface area contributed by atoms with E-state index in [2.05, 4.69) is 10.6 Å². The second-order valence-corrected chi connectivity index (χ2v) is 6.38. The van der Waals surface area contributed by atoms with Crippen LogP contribution in [0.2, 0.25) is 0 Å². The zero-order chi connectivity index (χ0) is 18.4. The molecule has 0 radical (unpaired) electrons. The summed E-state index contributed by atoms with van der Waals surface area (Å²) >= 11 is 1.45. The number of benzene rings is 2. The summed E-state index contributed by atoms with van der Waals surface area (Å²) in [6, 6.07) is 16.1. The number of anilines is 2. The average Bonchev–Trinajstić information content (AvgIpc) is 3.17. The predicted octanol–water partition coefficient (Wildman–Crippen LogP) is 4.40. The van der Waals surface area contributed by atoms with Crippen molar-refractivity contribution in [2.24, 2.45) is 0 Å². The maximum atomic E-state index is 12.7. The van der Waals surface area contributed by atoms with E-state index in [0.717, 1.165) is 5.56 Å². The third-order valence-electron chi connectivity index (χ3n) is 3.70. The molecule has 0 saturated heterocycles. The lowest BCUT2D eigenvalue weighted by molar-refractivity contribution is 0.102. The van der Waals surface area contributed by atoms with Crippen LogP contribution in [0.5, 0.6) is 0 Å². The summed E-state index contributed by atoms with van der Waals surface area (Å²) in [5, 5.41) is 9.26. The van der Waals surface area contributed by atoms with E-state index in [9.17, 15) is 9.59 Å². The molecule has 2 N–H and O–H groups in total. The number of ether oxygens (including phenoxy) is 1. The van der Waals surface area contributed by atoms with E-state index >= 15 is 0 Å². The molecule has 0 aliphatic heterocycles. The first-order chi connectivity index (χ1) is 12.7. The van der Waals surface area contributed by atoms with E-state index in [1.165, 1.54) is 11.3 Å². The van der Waals surface area contributed by atoms with E-state index in [-0.39, 0.29) is 11.8 Å². The van der Waals surface area contributed by atoms with Crippen molar-refractivity contribution >= 4 is 34.5 Å². The molecule has 0 spiro atoms. The lowest BCUT2D eigenvalue weighted by atomic mass is 10.1. The summed E-state index contributed by atoms with van der Waals surface area (Å²) in [5.41, 5.74) is 3.06. The number of amides is 2. The predicted molar refractivity (Wildman–Crippen MR) is 104 cm³/mol. The fraction of sp³-hybridized carbons (Fsp3) is 0.100. The molecular weight excluding hydrogens is 348 g/mol. The number of para-hydroxylation sites is 1. The van der Waals surface area contributed by atoms with E-state index in [0.29, 0.717) is 29.1 Å². The number of carbonyl (C=O) groups excluding carboxylic acids is 2. The summed E-state index contributed by atoms with van der Waals surface area (Å²) in [7, 11) is 1.62. The monoisotopic (exact) mass is 366 g/mol. The van der Waals surface area contributed by atoms with Crippen molar-refractivity contribution in [2.45, 2.75) is 6.61 Å². The van der Waals surface area contributed by atoms with Crippen LogP contribution < -0.4 is 10.6 Å². The van der Waals surface area contributed by atoms with Gasteiger partial charge >= 0.3 is 0 Å². The minimum Gasteiger partial charge on any atom is -0.380 e. The van der Waals surface area contributed by atoms with Gasteiger partial charge in [0, 0.05) is 18.2 Å². The zero-order valence-corrected chi connectivity index (χ0v) is 15.0. The Hall–Kier alpha value is -2.96. The zero-order valence-electron chi connectivity index (χ0n) is 14.2. The van der Waals surface area contributed by atoms with Crippen molar-refractivity contribution < 1.29 is 14.3 Å². The largest absolute Gasteiger partial charge is 0.380 e. The van der Waals surface area contributed by atoms with Gasteiger partial charge in [-0.25, -0.2) is 0 Å². The van der Waals surface area contributed by atoms with Gasteiger partial charge in [0.1, 0.15) is 0 Å². The van der Waals surface area contributed by atoms with Crippen LogP contribution in [-0.4, -0.2) is 18.9 Å². The van der Waals surface area contributed by atoms with Gasteiger partial charge in [0.2, 0.25) is 0 Å². The molecule has 0 aliphatic rings. The van der Waals surface area contributed by atoms with Crippen LogP contribution in [0.25, 0.3) is 0 Å². The lowest BCUT2D eigenvalue weighted by Gasteiger charge is -2.12. The molecule has 1 aromatic heterocycles. The van der Waals surface area contributed by atoms with Gasteiger partial charge in [-0.05, 0) is 41.3 Å². The number of thiophene rings is 1. The first-order valence-electron chi connectivity index (χ1n) is 7.99. The average molecular weight is 366 g/mol. The van der Waals surface area contributed by atoms with Crippen molar-refractivity contribution in [3.63, 3.8) is 0 Å². The number of nitrogens with one attached hydrogen (secondary N) is 2. The van der Waals surface area contributed by atoms with Gasteiger partial charge < -0.3 is 15.4 Å². The summed E-state index contributed by atoms with van der Waals surface area (Å²) in [4.78, 5) is 25.0. The topological polar surface area (TPSA) is 67.4 Å². The molecule has 0 saturated carbocycles. The Morgan fingerprint density at radius 2 is 1.85 bits per heavy atom. The summed E-state index contributed by atoms with van der Waals surface area (Å²) in [5.74, 6) is -0.533. The van der Waals surface area contributed by atoms with Crippen molar-refractivity contribution in [3.05, 3.63) is 82.0 Å².